The Morgan fingerprint density at radius 2 is 1.88 bits per heavy atom. The summed E-state index contributed by atoms with van der Waals surface area (Å²) in [6, 6.07) is 6.67. The molecule has 6 nitrogen and oxygen atoms in total. The van der Waals surface area contributed by atoms with Gasteiger partial charge in [-0.1, -0.05) is 26.0 Å². The number of hydrogen-bond donors (Lipinski definition) is 2. The molecule has 0 saturated heterocycles. The lowest BCUT2D eigenvalue weighted by Crippen LogP contribution is -2.42. The van der Waals surface area contributed by atoms with Crippen LogP contribution in [0.3, 0.4) is 0 Å². The number of hydrogen-bond acceptors (Lipinski definition) is 4. The zero-order chi connectivity index (χ0) is 18.3. The third kappa shape index (κ3) is 6.89. The average molecular weight is 336 g/mol. The maximum atomic E-state index is 12.5. The van der Waals surface area contributed by atoms with Crippen LogP contribution in [0.4, 0.5) is 10.5 Å². The van der Waals surface area contributed by atoms with Crippen molar-refractivity contribution >= 4 is 17.7 Å². The highest BCUT2D eigenvalue weighted by molar-refractivity contribution is 5.97. The standard InChI is InChI=1S/C18H28N2O4/c1-13(2)10-11-20(14-8-6-7-9-15(14)21)16(22)12-19-17(23)24-18(3,4)5/h6-9,13,21H,10-12H2,1-5H3,(H,19,23). The lowest BCUT2D eigenvalue weighted by molar-refractivity contribution is -0.117. The van der Waals surface area contributed by atoms with Gasteiger partial charge in [0.05, 0.1) is 5.69 Å². The van der Waals surface area contributed by atoms with E-state index in [0.717, 1.165) is 6.42 Å². The summed E-state index contributed by atoms with van der Waals surface area (Å²) in [6.07, 6.45) is 0.143. The molecule has 24 heavy (non-hydrogen) atoms. The average Bonchev–Trinajstić information content (AvgIpc) is 2.45. The maximum absolute atomic E-state index is 12.5. The summed E-state index contributed by atoms with van der Waals surface area (Å²) in [5.41, 5.74) is -0.184. The Hall–Kier alpha value is -2.24. The van der Waals surface area contributed by atoms with Crippen LogP contribution in [0.5, 0.6) is 5.75 Å². The van der Waals surface area contributed by atoms with Crippen LogP contribution in [0.2, 0.25) is 0 Å². The summed E-state index contributed by atoms with van der Waals surface area (Å²) < 4.78 is 5.13. The minimum Gasteiger partial charge on any atom is -0.506 e. The summed E-state index contributed by atoms with van der Waals surface area (Å²) in [6.45, 7) is 9.66. The smallest absolute Gasteiger partial charge is 0.408 e. The molecule has 0 heterocycles. The van der Waals surface area contributed by atoms with E-state index in [1.165, 1.54) is 11.0 Å². The van der Waals surface area contributed by atoms with Gasteiger partial charge < -0.3 is 20.1 Å². The number of phenolic OH excluding ortho intramolecular Hbond substituents is 1. The summed E-state index contributed by atoms with van der Waals surface area (Å²) >= 11 is 0. The molecule has 0 aromatic heterocycles. The monoisotopic (exact) mass is 336 g/mol. The first kappa shape index (κ1) is 19.8. The van der Waals surface area contributed by atoms with Crippen molar-refractivity contribution < 1.29 is 19.4 Å². The van der Waals surface area contributed by atoms with Crippen molar-refractivity contribution in [3.63, 3.8) is 0 Å². The zero-order valence-electron chi connectivity index (χ0n) is 15.1. The maximum Gasteiger partial charge on any atom is 0.408 e. The molecule has 134 valence electrons. The van der Waals surface area contributed by atoms with Gasteiger partial charge in [-0.25, -0.2) is 4.79 Å². The Kier molecular flexibility index (Phi) is 7.07. The second-order valence-corrected chi connectivity index (χ2v) is 7.07. The number of nitrogens with zero attached hydrogens (tertiary/aromatic N) is 1. The number of phenols is 1. The topological polar surface area (TPSA) is 78.9 Å². The van der Waals surface area contributed by atoms with Gasteiger partial charge in [0.25, 0.3) is 0 Å². The number of aromatic hydroxyl groups is 1. The van der Waals surface area contributed by atoms with Crippen molar-refractivity contribution in [2.24, 2.45) is 5.92 Å². The van der Waals surface area contributed by atoms with Gasteiger partial charge in [0, 0.05) is 6.54 Å². The van der Waals surface area contributed by atoms with E-state index in [2.05, 4.69) is 19.2 Å². The van der Waals surface area contributed by atoms with Gasteiger partial charge >= 0.3 is 6.09 Å². The van der Waals surface area contributed by atoms with Crippen molar-refractivity contribution in [3.8, 4) is 5.75 Å². The Bertz CT molecular complexity index is 564. The van der Waals surface area contributed by atoms with Crippen LogP contribution in [0.15, 0.2) is 24.3 Å². The van der Waals surface area contributed by atoms with Crippen LogP contribution in [0.1, 0.15) is 41.0 Å². The highest BCUT2D eigenvalue weighted by atomic mass is 16.6. The SMILES string of the molecule is CC(C)CCN(C(=O)CNC(=O)OC(C)(C)C)c1ccccc1O. The number of carbonyl (C=O) groups excluding carboxylic acids is 2. The number of nitrogens with one attached hydrogen (secondary N) is 1. The van der Waals surface area contributed by atoms with Gasteiger partial charge in [-0.05, 0) is 45.2 Å². The predicted molar refractivity (Wildman–Crippen MR) is 94.2 cm³/mol. The molecule has 0 aliphatic carbocycles. The van der Waals surface area contributed by atoms with E-state index in [9.17, 15) is 14.7 Å². The number of amides is 2. The van der Waals surface area contributed by atoms with Crippen LogP contribution in [0.25, 0.3) is 0 Å². The Morgan fingerprint density at radius 1 is 1.25 bits per heavy atom. The van der Waals surface area contributed by atoms with Crippen LogP contribution in [0, 0.1) is 5.92 Å². The van der Waals surface area contributed by atoms with E-state index in [1.807, 2.05) is 0 Å². The van der Waals surface area contributed by atoms with E-state index in [1.54, 1.807) is 39.0 Å². The van der Waals surface area contributed by atoms with E-state index in [0.29, 0.717) is 18.2 Å². The van der Waals surface area contributed by atoms with Gasteiger partial charge in [-0.2, -0.15) is 0 Å². The molecule has 0 atom stereocenters. The van der Waals surface area contributed by atoms with Gasteiger partial charge in [0.1, 0.15) is 17.9 Å². The summed E-state index contributed by atoms with van der Waals surface area (Å²) in [7, 11) is 0. The third-order valence-corrected chi connectivity index (χ3v) is 3.19. The molecule has 0 unspecified atom stereocenters. The number of carbonyl (C=O) groups is 2. The molecule has 0 spiro atoms. The molecule has 0 radical (unpaired) electrons. The molecule has 0 aliphatic heterocycles. The second-order valence-electron chi connectivity index (χ2n) is 7.07. The minimum absolute atomic E-state index is 0.0341. The highest BCUT2D eigenvalue weighted by Gasteiger charge is 2.21. The summed E-state index contributed by atoms with van der Waals surface area (Å²) in [5.74, 6) is 0.139. The normalized spacial score (nSPS) is 11.2. The molecule has 0 saturated carbocycles. The van der Waals surface area contributed by atoms with Crippen molar-refractivity contribution in [1.29, 1.82) is 0 Å². The Balaban J connectivity index is 2.78. The molecule has 2 N–H and O–H groups in total. The van der Waals surface area contributed by atoms with E-state index in [-0.39, 0.29) is 18.2 Å². The van der Waals surface area contributed by atoms with Crippen molar-refractivity contribution in [3.05, 3.63) is 24.3 Å². The molecule has 0 bridgehead atoms. The van der Waals surface area contributed by atoms with Crippen LogP contribution in [-0.2, 0) is 9.53 Å². The number of para-hydroxylation sites is 2. The minimum atomic E-state index is -0.642. The third-order valence-electron chi connectivity index (χ3n) is 3.19. The molecule has 0 aliphatic rings. The number of alkyl carbamates (subject to hydrolysis) is 1. The molecular weight excluding hydrogens is 308 g/mol. The number of benzene rings is 1. The fourth-order valence-corrected chi connectivity index (χ4v) is 2.02. The van der Waals surface area contributed by atoms with Crippen molar-refractivity contribution in [2.45, 2.75) is 46.6 Å². The Labute approximate surface area is 143 Å². The first-order valence-electron chi connectivity index (χ1n) is 8.15. The molecule has 1 rings (SSSR count). The van der Waals surface area contributed by atoms with E-state index in [4.69, 9.17) is 4.74 Å². The molecule has 0 fully saturated rings. The van der Waals surface area contributed by atoms with Gasteiger partial charge in [0.2, 0.25) is 5.91 Å². The van der Waals surface area contributed by atoms with Crippen molar-refractivity contribution in [2.75, 3.05) is 18.0 Å². The number of rotatable bonds is 6. The fraction of sp³-hybridized carbons (Fsp3) is 0.556. The van der Waals surface area contributed by atoms with Gasteiger partial charge in [-0.3, -0.25) is 4.79 Å². The first-order valence-corrected chi connectivity index (χ1v) is 8.15. The Morgan fingerprint density at radius 3 is 2.42 bits per heavy atom. The first-order chi connectivity index (χ1) is 11.1. The quantitative estimate of drug-likeness (QED) is 0.835. The van der Waals surface area contributed by atoms with Gasteiger partial charge in [0.15, 0.2) is 0 Å². The largest absolute Gasteiger partial charge is 0.506 e. The molecular formula is C18H28N2O4. The summed E-state index contributed by atoms with van der Waals surface area (Å²) in [4.78, 5) is 25.7. The highest BCUT2D eigenvalue weighted by Crippen LogP contribution is 2.27. The zero-order valence-corrected chi connectivity index (χ0v) is 15.1. The lowest BCUT2D eigenvalue weighted by Gasteiger charge is -2.25. The number of anilines is 1. The van der Waals surface area contributed by atoms with Crippen LogP contribution >= 0.6 is 0 Å². The van der Waals surface area contributed by atoms with Crippen LogP contribution in [-0.4, -0.2) is 35.8 Å². The molecule has 2 amide bonds. The van der Waals surface area contributed by atoms with E-state index < -0.39 is 11.7 Å². The number of ether oxygens (including phenoxy) is 1. The van der Waals surface area contributed by atoms with Crippen LogP contribution < -0.4 is 10.2 Å². The second kappa shape index (κ2) is 8.57. The fourth-order valence-electron chi connectivity index (χ4n) is 2.02. The molecule has 1 aromatic rings. The van der Waals surface area contributed by atoms with E-state index >= 15 is 0 Å². The molecule has 1 aromatic carbocycles. The van der Waals surface area contributed by atoms with Crippen molar-refractivity contribution in [1.82, 2.24) is 5.32 Å². The lowest BCUT2D eigenvalue weighted by atomic mass is 10.1. The summed E-state index contributed by atoms with van der Waals surface area (Å²) in [5, 5.41) is 12.5. The van der Waals surface area contributed by atoms with Gasteiger partial charge in [-0.15, -0.1) is 0 Å². The molecule has 6 heteroatoms. The predicted octanol–water partition coefficient (Wildman–Crippen LogP) is 3.30.